The van der Waals surface area contributed by atoms with Crippen LogP contribution in [0, 0.1) is 0 Å². The maximum atomic E-state index is 8.60. The van der Waals surface area contributed by atoms with E-state index in [0.29, 0.717) is 6.42 Å². The van der Waals surface area contributed by atoms with Gasteiger partial charge in [-0.2, -0.15) is 0 Å². The third-order valence-corrected chi connectivity index (χ3v) is 1.62. The highest BCUT2D eigenvalue weighted by Crippen LogP contribution is 2.00. The summed E-state index contributed by atoms with van der Waals surface area (Å²) in [6.07, 6.45) is 1.07. The van der Waals surface area contributed by atoms with Gasteiger partial charge in [0, 0.05) is 6.42 Å². The van der Waals surface area contributed by atoms with Gasteiger partial charge < -0.3 is 27.1 Å². The topological polar surface area (TPSA) is 40.5 Å². The molecule has 0 aliphatic heterocycles. The Kier molecular flexibility index (Phi) is 7.73. The molecule has 12 heavy (non-hydrogen) atoms. The maximum Gasteiger partial charge on any atom is 0.156 e. The Labute approximate surface area is 80.3 Å². The predicted octanol–water partition coefficient (Wildman–Crippen LogP) is -3.05. The molecule has 0 atom stereocenters. The normalized spacial score (nSPS) is 11.1. The van der Waals surface area contributed by atoms with Crippen LogP contribution in [-0.2, 0) is 0 Å². The van der Waals surface area contributed by atoms with Crippen molar-refractivity contribution in [3.63, 3.8) is 0 Å². The van der Waals surface area contributed by atoms with E-state index in [1.165, 1.54) is 0 Å². The Morgan fingerprint density at radius 1 is 1.42 bits per heavy atom. The monoisotopic (exact) mass is 195 g/mol. The maximum absolute atomic E-state index is 8.60. The molecule has 0 bridgehead atoms. The van der Waals surface area contributed by atoms with Gasteiger partial charge in [-0.25, -0.2) is 0 Å². The molecule has 0 aromatic rings. The first kappa shape index (κ1) is 14.4. The molecule has 0 amide bonds. The lowest BCUT2D eigenvalue weighted by molar-refractivity contribution is -0.885. The van der Waals surface area contributed by atoms with Crippen LogP contribution >= 0.6 is 0 Å². The minimum absolute atomic E-state index is 0. The highest BCUT2D eigenvalue weighted by molar-refractivity contribution is 4.64. The number of rotatable bonds is 5. The molecule has 3 nitrogen and oxygen atoms in total. The lowest BCUT2D eigenvalue weighted by Gasteiger charge is -2.28. The van der Waals surface area contributed by atoms with Crippen molar-refractivity contribution in [2.45, 2.75) is 12.7 Å². The third-order valence-electron chi connectivity index (χ3n) is 1.62. The van der Waals surface area contributed by atoms with E-state index in [1.807, 2.05) is 20.2 Å². The lowest BCUT2D eigenvalue weighted by Crippen LogP contribution is -3.00. The predicted molar refractivity (Wildman–Crippen MR) is 44.9 cm³/mol. The number of quaternary nitrogens is 1. The number of hydrogen-bond acceptors (Lipinski definition) is 2. The van der Waals surface area contributed by atoms with Gasteiger partial charge >= 0.3 is 0 Å². The fourth-order valence-corrected chi connectivity index (χ4v) is 0.906. The fourth-order valence-electron chi connectivity index (χ4n) is 0.906. The Morgan fingerprint density at radius 2 is 1.92 bits per heavy atom. The van der Waals surface area contributed by atoms with Crippen molar-refractivity contribution in [1.82, 2.24) is 0 Å². The van der Waals surface area contributed by atoms with Crippen LogP contribution < -0.4 is 12.4 Å². The molecular weight excluding hydrogens is 178 g/mol. The molecule has 0 saturated carbocycles. The Morgan fingerprint density at radius 3 is 2.25 bits per heavy atom. The summed E-state index contributed by atoms with van der Waals surface area (Å²) >= 11 is 0. The molecule has 0 unspecified atom stereocenters. The van der Waals surface area contributed by atoms with Gasteiger partial charge in [-0.05, 0) is 6.08 Å². The van der Waals surface area contributed by atoms with Gasteiger partial charge in [0.2, 0.25) is 0 Å². The van der Waals surface area contributed by atoms with E-state index in [4.69, 9.17) is 10.2 Å². The van der Waals surface area contributed by atoms with Gasteiger partial charge in [-0.3, -0.25) is 0 Å². The van der Waals surface area contributed by atoms with Gasteiger partial charge in [0.15, 0.2) is 6.29 Å². The van der Waals surface area contributed by atoms with E-state index in [9.17, 15) is 0 Å². The molecule has 0 aliphatic rings. The number of aliphatic hydroxyl groups excluding tert-OH is 1. The lowest BCUT2D eigenvalue weighted by atomic mass is 10.3. The highest BCUT2D eigenvalue weighted by Gasteiger charge is 2.13. The van der Waals surface area contributed by atoms with Crippen LogP contribution in [0.2, 0.25) is 0 Å². The summed E-state index contributed by atoms with van der Waals surface area (Å²) in [6, 6.07) is 0. The van der Waals surface area contributed by atoms with E-state index >= 15 is 0 Å². The number of halogens is 1. The molecule has 4 heteroatoms. The van der Waals surface area contributed by atoms with E-state index in [0.717, 1.165) is 17.6 Å². The van der Waals surface area contributed by atoms with E-state index in [2.05, 4.69) is 6.58 Å². The Bertz CT molecular complexity index is 126. The largest absolute Gasteiger partial charge is 1.00 e. The summed E-state index contributed by atoms with van der Waals surface area (Å²) < 4.78 is 0.751. The zero-order valence-electron chi connectivity index (χ0n) is 7.70. The first-order valence-electron chi connectivity index (χ1n) is 3.77. The summed E-state index contributed by atoms with van der Waals surface area (Å²) in [5, 5.41) is 17.2. The van der Waals surface area contributed by atoms with Crippen molar-refractivity contribution in [3.05, 3.63) is 12.7 Å². The quantitative estimate of drug-likeness (QED) is 0.278. The fraction of sp³-hybridized carbons (Fsp3) is 0.750. The van der Waals surface area contributed by atoms with E-state index in [1.54, 1.807) is 0 Å². The van der Waals surface area contributed by atoms with Gasteiger partial charge in [-0.1, -0.05) is 6.58 Å². The molecule has 0 spiro atoms. The van der Waals surface area contributed by atoms with Crippen LogP contribution in [0.25, 0.3) is 0 Å². The average Bonchev–Trinajstić information content (AvgIpc) is 1.84. The van der Waals surface area contributed by atoms with Crippen LogP contribution in [0.5, 0.6) is 0 Å². The number of hydrogen-bond donors (Lipinski definition) is 2. The number of nitrogens with zero attached hydrogens (tertiary/aromatic N) is 1. The van der Waals surface area contributed by atoms with Crippen molar-refractivity contribution in [2.24, 2.45) is 0 Å². The second-order valence-corrected chi connectivity index (χ2v) is 3.40. The second kappa shape index (κ2) is 6.43. The summed E-state index contributed by atoms with van der Waals surface area (Å²) in [7, 11) is 4.06. The van der Waals surface area contributed by atoms with Crippen LogP contribution in [0.3, 0.4) is 0 Å². The standard InChI is InChI=1S/C8H18NO2.ClH/c1-4-6-9(2,3)7-5-8(10)11;/h4,8,10-11H,1,5-7H2,2-3H3;1H/q+1;/p-1. The van der Waals surface area contributed by atoms with Crippen molar-refractivity contribution < 1.29 is 27.1 Å². The summed E-state index contributed by atoms with van der Waals surface area (Å²) in [5.74, 6) is 0. The van der Waals surface area contributed by atoms with E-state index in [-0.39, 0.29) is 12.4 Å². The molecule has 0 rings (SSSR count). The minimum atomic E-state index is -1.18. The van der Waals surface area contributed by atoms with E-state index < -0.39 is 6.29 Å². The number of aliphatic hydroxyl groups is 2. The SMILES string of the molecule is C=CC[N+](C)(C)CCC(O)O.[Cl-]. The summed E-state index contributed by atoms with van der Waals surface area (Å²) in [5.41, 5.74) is 0. The first-order chi connectivity index (χ1) is 4.98. The van der Waals surface area contributed by atoms with Crippen molar-refractivity contribution in [3.8, 4) is 0 Å². The van der Waals surface area contributed by atoms with Crippen molar-refractivity contribution in [2.75, 3.05) is 27.2 Å². The van der Waals surface area contributed by atoms with Gasteiger partial charge in [0.25, 0.3) is 0 Å². The molecule has 0 aliphatic carbocycles. The van der Waals surface area contributed by atoms with Crippen LogP contribution in [0.15, 0.2) is 12.7 Å². The van der Waals surface area contributed by atoms with Crippen LogP contribution in [0.1, 0.15) is 6.42 Å². The van der Waals surface area contributed by atoms with Gasteiger partial charge in [0.05, 0.1) is 27.2 Å². The summed E-state index contributed by atoms with van der Waals surface area (Å²) in [4.78, 5) is 0. The smallest absolute Gasteiger partial charge is 0.156 e. The highest BCUT2D eigenvalue weighted by atomic mass is 35.5. The zero-order chi connectivity index (χ0) is 8.91. The first-order valence-corrected chi connectivity index (χ1v) is 3.77. The molecule has 0 radical (unpaired) electrons. The molecule has 0 aromatic carbocycles. The molecule has 0 fully saturated rings. The molecule has 2 N–H and O–H groups in total. The summed E-state index contributed by atoms with van der Waals surface area (Å²) in [6.45, 7) is 5.24. The molecule has 74 valence electrons. The molecular formula is C8H18ClNO2. The second-order valence-electron chi connectivity index (χ2n) is 3.40. The Hall–Kier alpha value is -0.0900. The average molecular weight is 196 g/mol. The van der Waals surface area contributed by atoms with Crippen molar-refractivity contribution >= 4 is 0 Å². The minimum Gasteiger partial charge on any atom is -1.00 e. The van der Waals surface area contributed by atoms with Gasteiger partial charge in [-0.15, -0.1) is 0 Å². The molecule has 0 heterocycles. The number of likely N-dealkylation sites (N-methyl/N-ethyl adjacent to an activating group) is 1. The Balaban J connectivity index is 0. The van der Waals surface area contributed by atoms with Crippen LogP contribution in [-0.4, -0.2) is 48.2 Å². The van der Waals surface area contributed by atoms with Crippen LogP contribution in [0.4, 0.5) is 0 Å². The van der Waals surface area contributed by atoms with Crippen molar-refractivity contribution in [1.29, 1.82) is 0 Å². The van der Waals surface area contributed by atoms with Gasteiger partial charge in [0.1, 0.15) is 0 Å². The zero-order valence-corrected chi connectivity index (χ0v) is 8.46. The molecule has 0 aromatic heterocycles. The molecule has 0 saturated heterocycles. The third kappa shape index (κ3) is 8.01.